The molecule has 3 nitrogen and oxygen atoms in total. The Morgan fingerprint density at radius 3 is 2.18 bits per heavy atom. The summed E-state index contributed by atoms with van der Waals surface area (Å²) in [5.41, 5.74) is 1.07. The van der Waals surface area contributed by atoms with Crippen LogP contribution in [0.1, 0.15) is 45.3 Å². The molecule has 1 aromatic rings. The van der Waals surface area contributed by atoms with E-state index in [0.29, 0.717) is 12.0 Å². The van der Waals surface area contributed by atoms with Crippen LogP contribution in [0.15, 0.2) is 6.20 Å². The molecule has 0 aliphatic rings. The monoisotopic (exact) mass is 153 g/mol. The van der Waals surface area contributed by atoms with Gasteiger partial charge in [-0.05, 0) is 19.8 Å². The highest BCUT2D eigenvalue weighted by atomic mass is 15.4. The van der Waals surface area contributed by atoms with Gasteiger partial charge in [0, 0.05) is 12.2 Å². The average molecular weight is 153 g/mol. The molecule has 11 heavy (non-hydrogen) atoms. The van der Waals surface area contributed by atoms with Gasteiger partial charge >= 0.3 is 0 Å². The van der Waals surface area contributed by atoms with Crippen molar-refractivity contribution in [1.29, 1.82) is 0 Å². The predicted octanol–water partition coefficient (Wildman–Crippen LogP) is 1.98. The molecule has 1 aromatic heterocycles. The summed E-state index contributed by atoms with van der Waals surface area (Å²) in [6.45, 7) is 8.43. The number of hydrogen-bond donors (Lipinski definition) is 0. The first-order valence-corrected chi connectivity index (χ1v) is 4.03. The first kappa shape index (κ1) is 8.24. The highest BCUT2D eigenvalue weighted by molar-refractivity contribution is 4.98. The molecule has 0 saturated heterocycles. The van der Waals surface area contributed by atoms with Gasteiger partial charge in [-0.25, -0.2) is 4.68 Å². The van der Waals surface area contributed by atoms with Crippen LogP contribution < -0.4 is 0 Å². The highest BCUT2D eigenvalue weighted by Crippen LogP contribution is 2.11. The lowest BCUT2D eigenvalue weighted by Gasteiger charge is -2.01. The van der Waals surface area contributed by atoms with E-state index in [1.165, 1.54) is 0 Å². The molecule has 0 spiro atoms. The van der Waals surface area contributed by atoms with Crippen LogP contribution in [-0.2, 0) is 0 Å². The van der Waals surface area contributed by atoms with Gasteiger partial charge in [0.2, 0.25) is 0 Å². The van der Waals surface area contributed by atoms with Crippen LogP contribution in [0.25, 0.3) is 0 Å². The molecule has 0 saturated carbocycles. The Kier molecular flexibility index (Phi) is 2.27. The smallest absolute Gasteiger partial charge is 0.0852 e. The van der Waals surface area contributed by atoms with Crippen molar-refractivity contribution in [3.8, 4) is 0 Å². The minimum absolute atomic E-state index is 0.412. The van der Waals surface area contributed by atoms with Crippen molar-refractivity contribution < 1.29 is 0 Å². The molecule has 0 N–H and O–H groups in total. The van der Waals surface area contributed by atoms with E-state index in [1.807, 2.05) is 10.9 Å². The standard InChI is InChI=1S/C8H15N3/c1-6(2)8-5-11(7(3)4)10-9-8/h5-7H,1-4H3. The van der Waals surface area contributed by atoms with Crippen molar-refractivity contribution >= 4 is 0 Å². The van der Waals surface area contributed by atoms with Crippen molar-refractivity contribution in [3.05, 3.63) is 11.9 Å². The molecule has 0 aliphatic heterocycles. The molecule has 1 heterocycles. The summed E-state index contributed by atoms with van der Waals surface area (Å²) in [4.78, 5) is 0. The quantitative estimate of drug-likeness (QED) is 0.650. The Hall–Kier alpha value is -0.860. The first-order chi connectivity index (χ1) is 5.11. The molecule has 0 atom stereocenters. The Bertz CT molecular complexity index is 202. The number of rotatable bonds is 2. The molecular weight excluding hydrogens is 138 g/mol. The van der Waals surface area contributed by atoms with Crippen molar-refractivity contribution in [1.82, 2.24) is 15.0 Å². The van der Waals surface area contributed by atoms with Gasteiger partial charge in [-0.3, -0.25) is 0 Å². The number of nitrogens with zero attached hydrogens (tertiary/aromatic N) is 3. The Labute approximate surface area is 67.4 Å². The fourth-order valence-electron chi connectivity index (χ4n) is 0.807. The maximum Gasteiger partial charge on any atom is 0.0852 e. The molecule has 0 amide bonds. The minimum Gasteiger partial charge on any atom is -0.250 e. The van der Waals surface area contributed by atoms with Gasteiger partial charge in [0.1, 0.15) is 0 Å². The van der Waals surface area contributed by atoms with Crippen LogP contribution in [-0.4, -0.2) is 15.0 Å². The van der Waals surface area contributed by atoms with Gasteiger partial charge in [-0.2, -0.15) is 0 Å². The van der Waals surface area contributed by atoms with Crippen LogP contribution in [0, 0.1) is 0 Å². The van der Waals surface area contributed by atoms with Gasteiger partial charge in [-0.15, -0.1) is 5.10 Å². The Morgan fingerprint density at radius 2 is 1.91 bits per heavy atom. The first-order valence-electron chi connectivity index (χ1n) is 4.03. The van der Waals surface area contributed by atoms with Crippen molar-refractivity contribution in [2.24, 2.45) is 0 Å². The Morgan fingerprint density at radius 1 is 1.27 bits per heavy atom. The van der Waals surface area contributed by atoms with Crippen LogP contribution in [0.3, 0.4) is 0 Å². The summed E-state index contributed by atoms with van der Waals surface area (Å²) < 4.78 is 1.88. The van der Waals surface area contributed by atoms with Gasteiger partial charge in [-0.1, -0.05) is 19.1 Å². The van der Waals surface area contributed by atoms with Crippen LogP contribution in [0.5, 0.6) is 0 Å². The number of aromatic nitrogens is 3. The van der Waals surface area contributed by atoms with E-state index < -0.39 is 0 Å². The van der Waals surface area contributed by atoms with Crippen LogP contribution in [0.4, 0.5) is 0 Å². The molecule has 0 fully saturated rings. The lowest BCUT2D eigenvalue weighted by atomic mass is 10.2. The summed E-state index contributed by atoms with van der Waals surface area (Å²) in [6.07, 6.45) is 2.01. The normalized spacial score (nSPS) is 11.5. The second kappa shape index (κ2) is 3.03. The summed E-state index contributed by atoms with van der Waals surface area (Å²) in [6, 6.07) is 0.412. The van der Waals surface area contributed by atoms with E-state index in [1.54, 1.807) is 0 Å². The van der Waals surface area contributed by atoms with Crippen molar-refractivity contribution in [2.45, 2.75) is 39.7 Å². The predicted molar refractivity (Wildman–Crippen MR) is 44.5 cm³/mol. The second-order valence-electron chi connectivity index (χ2n) is 3.37. The van der Waals surface area contributed by atoms with E-state index in [2.05, 4.69) is 38.0 Å². The van der Waals surface area contributed by atoms with Crippen molar-refractivity contribution in [2.75, 3.05) is 0 Å². The van der Waals surface area contributed by atoms with Crippen molar-refractivity contribution in [3.63, 3.8) is 0 Å². The topological polar surface area (TPSA) is 30.7 Å². The fourth-order valence-corrected chi connectivity index (χ4v) is 0.807. The molecule has 1 rings (SSSR count). The van der Waals surface area contributed by atoms with E-state index in [4.69, 9.17) is 0 Å². The zero-order valence-corrected chi connectivity index (χ0v) is 7.57. The molecule has 0 bridgehead atoms. The fraction of sp³-hybridized carbons (Fsp3) is 0.750. The molecule has 0 aromatic carbocycles. The van der Waals surface area contributed by atoms with Gasteiger partial charge in [0.15, 0.2) is 0 Å². The zero-order chi connectivity index (χ0) is 8.43. The second-order valence-corrected chi connectivity index (χ2v) is 3.37. The lowest BCUT2D eigenvalue weighted by Crippen LogP contribution is -2.00. The molecule has 0 aliphatic carbocycles. The summed E-state index contributed by atoms with van der Waals surface area (Å²) in [5.74, 6) is 0.475. The van der Waals surface area contributed by atoms with E-state index >= 15 is 0 Å². The lowest BCUT2D eigenvalue weighted by molar-refractivity contribution is 0.514. The van der Waals surface area contributed by atoms with Crippen LogP contribution >= 0.6 is 0 Å². The third-order valence-corrected chi connectivity index (χ3v) is 1.65. The SMILES string of the molecule is CC(C)c1cn(C(C)C)nn1. The van der Waals surface area contributed by atoms with Gasteiger partial charge in [0.25, 0.3) is 0 Å². The summed E-state index contributed by atoms with van der Waals surface area (Å²) in [5, 5.41) is 8.05. The average Bonchev–Trinajstić information content (AvgIpc) is 2.33. The Balaban J connectivity index is 2.82. The van der Waals surface area contributed by atoms with E-state index in [-0.39, 0.29) is 0 Å². The van der Waals surface area contributed by atoms with Gasteiger partial charge in [0.05, 0.1) is 5.69 Å². The van der Waals surface area contributed by atoms with Gasteiger partial charge < -0.3 is 0 Å². The van der Waals surface area contributed by atoms with Crippen LogP contribution in [0.2, 0.25) is 0 Å². The maximum atomic E-state index is 4.05. The minimum atomic E-state index is 0.412. The highest BCUT2D eigenvalue weighted by Gasteiger charge is 2.05. The number of hydrogen-bond acceptors (Lipinski definition) is 2. The zero-order valence-electron chi connectivity index (χ0n) is 7.57. The maximum absolute atomic E-state index is 4.05. The molecule has 3 heteroatoms. The molecule has 0 radical (unpaired) electrons. The molecular formula is C8H15N3. The third-order valence-electron chi connectivity index (χ3n) is 1.65. The van der Waals surface area contributed by atoms with E-state index in [9.17, 15) is 0 Å². The summed E-state index contributed by atoms with van der Waals surface area (Å²) in [7, 11) is 0. The van der Waals surface area contributed by atoms with E-state index in [0.717, 1.165) is 5.69 Å². The molecule has 0 unspecified atom stereocenters. The summed E-state index contributed by atoms with van der Waals surface area (Å²) >= 11 is 0. The molecule has 62 valence electrons. The third kappa shape index (κ3) is 1.79. The largest absolute Gasteiger partial charge is 0.250 e.